The van der Waals surface area contributed by atoms with Crippen LogP contribution >= 0.6 is 0 Å². The van der Waals surface area contributed by atoms with Crippen LogP contribution in [0.15, 0.2) is 36.4 Å². The van der Waals surface area contributed by atoms with Crippen molar-refractivity contribution in [3.05, 3.63) is 73.3 Å². The highest BCUT2D eigenvalue weighted by Gasteiger charge is 2.33. The quantitative estimate of drug-likeness (QED) is 0.362. The molecule has 0 aliphatic rings. The number of nitrogens with zero attached hydrogens (tertiary/aromatic N) is 2. The molecule has 0 bridgehead atoms. The number of rotatable bonds is 7. The molecule has 1 amide bonds. The number of carbonyl (C=O) groups excluding carboxylic acids is 3. The Hall–Kier alpha value is -4.56. The van der Waals surface area contributed by atoms with Crippen LogP contribution in [0.4, 0.5) is 30.2 Å². The third-order valence-electron chi connectivity index (χ3n) is 3.92. The second-order valence-electron chi connectivity index (χ2n) is 6.13. The van der Waals surface area contributed by atoms with Gasteiger partial charge in [0.1, 0.15) is 5.69 Å². The number of non-ortho nitro benzene ring substituents is 1. The van der Waals surface area contributed by atoms with Crippen molar-refractivity contribution >= 4 is 34.9 Å². The number of nitro groups is 2. The number of methoxy groups -OCH3 is 1. The van der Waals surface area contributed by atoms with Gasteiger partial charge in [-0.2, -0.15) is 13.2 Å². The summed E-state index contributed by atoms with van der Waals surface area (Å²) >= 11 is 0. The van der Waals surface area contributed by atoms with Crippen molar-refractivity contribution in [2.75, 3.05) is 19.0 Å². The van der Waals surface area contributed by atoms with E-state index in [-0.39, 0.29) is 11.6 Å². The first-order valence-electron chi connectivity index (χ1n) is 8.54. The van der Waals surface area contributed by atoms with Gasteiger partial charge in [-0.05, 0) is 18.2 Å². The lowest BCUT2D eigenvalue weighted by molar-refractivity contribution is -0.384. The van der Waals surface area contributed by atoms with E-state index in [1.54, 1.807) is 0 Å². The summed E-state index contributed by atoms with van der Waals surface area (Å²) in [6.45, 7) is -1.05. The van der Waals surface area contributed by atoms with Gasteiger partial charge in [0.2, 0.25) is 0 Å². The van der Waals surface area contributed by atoms with Crippen molar-refractivity contribution in [1.29, 1.82) is 0 Å². The predicted molar refractivity (Wildman–Crippen MR) is 101 cm³/mol. The zero-order valence-corrected chi connectivity index (χ0v) is 16.4. The summed E-state index contributed by atoms with van der Waals surface area (Å²) in [6, 6.07) is 3.92. The van der Waals surface area contributed by atoms with E-state index in [9.17, 15) is 47.8 Å². The SMILES string of the molecule is COC(=O)c1cc(C(=O)OCC(=O)Nc2ccc(C(F)(F)F)cc2[N+](=O)[O-])cc([N+](=O)[O-])c1. The first-order chi connectivity index (χ1) is 15.3. The molecule has 0 saturated heterocycles. The number of ether oxygens (including phenoxy) is 2. The zero-order chi connectivity index (χ0) is 24.9. The van der Waals surface area contributed by atoms with E-state index in [0.717, 1.165) is 25.3 Å². The van der Waals surface area contributed by atoms with E-state index in [1.165, 1.54) is 0 Å². The van der Waals surface area contributed by atoms with E-state index >= 15 is 0 Å². The van der Waals surface area contributed by atoms with Crippen molar-refractivity contribution < 1.29 is 46.9 Å². The Morgan fingerprint density at radius 1 is 0.970 bits per heavy atom. The smallest absolute Gasteiger partial charge is 0.416 e. The average molecular weight is 471 g/mol. The maximum absolute atomic E-state index is 12.7. The number of alkyl halides is 3. The third kappa shape index (κ3) is 6.22. The molecule has 0 aliphatic carbocycles. The van der Waals surface area contributed by atoms with Crippen molar-refractivity contribution in [2.24, 2.45) is 0 Å². The average Bonchev–Trinajstić information content (AvgIpc) is 2.75. The Morgan fingerprint density at radius 3 is 2.09 bits per heavy atom. The summed E-state index contributed by atoms with van der Waals surface area (Å²) in [5.41, 5.74) is -4.41. The van der Waals surface area contributed by atoms with Gasteiger partial charge in [-0.1, -0.05) is 0 Å². The third-order valence-corrected chi connectivity index (χ3v) is 3.92. The molecule has 0 radical (unpaired) electrons. The van der Waals surface area contributed by atoms with Crippen molar-refractivity contribution in [1.82, 2.24) is 0 Å². The first kappa shape index (κ1) is 24.7. The summed E-state index contributed by atoms with van der Waals surface area (Å²) in [7, 11) is 1.00. The summed E-state index contributed by atoms with van der Waals surface area (Å²) in [5.74, 6) is -3.40. The monoisotopic (exact) mass is 471 g/mol. The maximum Gasteiger partial charge on any atom is 0.416 e. The molecule has 0 spiro atoms. The lowest BCUT2D eigenvalue weighted by Gasteiger charge is -2.10. The minimum atomic E-state index is -4.86. The number of esters is 2. The highest BCUT2D eigenvalue weighted by atomic mass is 19.4. The van der Waals surface area contributed by atoms with Crippen molar-refractivity contribution in [3.63, 3.8) is 0 Å². The second kappa shape index (κ2) is 9.71. The Labute approximate surface area is 181 Å². The molecule has 2 aromatic carbocycles. The molecule has 0 heterocycles. The molecule has 0 unspecified atom stereocenters. The van der Waals surface area contributed by atoms with E-state index < -0.39 is 68.7 Å². The van der Waals surface area contributed by atoms with Gasteiger partial charge in [0.15, 0.2) is 6.61 Å². The lowest BCUT2D eigenvalue weighted by Crippen LogP contribution is -2.22. The molecule has 2 rings (SSSR count). The molecule has 0 aliphatic heterocycles. The number of hydrogen-bond acceptors (Lipinski definition) is 9. The van der Waals surface area contributed by atoms with E-state index in [0.29, 0.717) is 12.1 Å². The number of benzene rings is 2. The van der Waals surface area contributed by atoms with Gasteiger partial charge < -0.3 is 14.8 Å². The summed E-state index contributed by atoms with van der Waals surface area (Å²) in [4.78, 5) is 55.8. The second-order valence-corrected chi connectivity index (χ2v) is 6.13. The fraction of sp³-hybridized carbons (Fsp3) is 0.167. The molecule has 15 heteroatoms. The van der Waals surface area contributed by atoms with Crippen LogP contribution < -0.4 is 5.32 Å². The van der Waals surface area contributed by atoms with Gasteiger partial charge in [-0.25, -0.2) is 9.59 Å². The molecule has 12 nitrogen and oxygen atoms in total. The standard InChI is InChI=1S/C18H12F3N3O9/c1-32-16(26)9-4-10(6-12(5-9)23(28)29)17(27)33-8-15(25)22-13-3-2-11(18(19,20)21)7-14(13)24(30)31/h2-7H,8H2,1H3,(H,22,25). The Balaban J connectivity index is 2.16. The van der Waals surface area contributed by atoms with Crippen LogP contribution in [0, 0.1) is 20.2 Å². The van der Waals surface area contributed by atoms with Gasteiger partial charge >= 0.3 is 18.1 Å². The molecular formula is C18H12F3N3O9. The lowest BCUT2D eigenvalue weighted by atomic mass is 10.1. The molecule has 0 saturated carbocycles. The molecule has 174 valence electrons. The minimum absolute atomic E-state index is 0.221. The molecule has 2 aromatic rings. The van der Waals surface area contributed by atoms with Crippen LogP contribution in [0.2, 0.25) is 0 Å². The van der Waals surface area contributed by atoms with Crippen molar-refractivity contribution in [3.8, 4) is 0 Å². The number of amides is 1. The van der Waals surface area contributed by atoms with E-state index in [2.05, 4.69) is 9.47 Å². The Bertz CT molecular complexity index is 1150. The Morgan fingerprint density at radius 2 is 1.58 bits per heavy atom. The number of hydrogen-bond donors (Lipinski definition) is 1. The van der Waals surface area contributed by atoms with Crippen LogP contribution in [0.25, 0.3) is 0 Å². The number of nitro benzene ring substituents is 2. The van der Waals surface area contributed by atoms with E-state index in [4.69, 9.17) is 0 Å². The van der Waals surface area contributed by atoms with Crippen LogP contribution in [0.5, 0.6) is 0 Å². The van der Waals surface area contributed by atoms with Gasteiger partial charge in [0, 0.05) is 18.2 Å². The first-order valence-corrected chi connectivity index (χ1v) is 8.54. The number of anilines is 1. The van der Waals surface area contributed by atoms with Gasteiger partial charge in [-0.3, -0.25) is 25.0 Å². The van der Waals surface area contributed by atoms with Crippen LogP contribution in [0.3, 0.4) is 0 Å². The minimum Gasteiger partial charge on any atom is -0.465 e. The normalized spacial score (nSPS) is 10.8. The topological polar surface area (TPSA) is 168 Å². The highest BCUT2D eigenvalue weighted by molar-refractivity contribution is 5.99. The molecule has 0 atom stereocenters. The summed E-state index contributed by atoms with van der Waals surface area (Å²) in [6.07, 6.45) is -4.86. The summed E-state index contributed by atoms with van der Waals surface area (Å²) in [5, 5.41) is 24.0. The molecule has 0 aromatic heterocycles. The fourth-order valence-corrected chi connectivity index (χ4v) is 2.44. The van der Waals surface area contributed by atoms with Gasteiger partial charge in [0.05, 0.1) is 33.6 Å². The molecule has 1 N–H and O–H groups in total. The highest BCUT2D eigenvalue weighted by Crippen LogP contribution is 2.35. The molecule has 33 heavy (non-hydrogen) atoms. The number of halogens is 3. The van der Waals surface area contributed by atoms with Crippen molar-refractivity contribution in [2.45, 2.75) is 6.18 Å². The van der Waals surface area contributed by atoms with Crippen LogP contribution in [-0.4, -0.2) is 41.4 Å². The maximum atomic E-state index is 12.7. The largest absolute Gasteiger partial charge is 0.465 e. The number of carbonyl (C=O) groups is 3. The predicted octanol–water partition coefficient (Wildman–Crippen LogP) is 3.10. The summed E-state index contributed by atoms with van der Waals surface area (Å²) < 4.78 is 47.3. The molecule has 0 fully saturated rings. The van der Waals surface area contributed by atoms with Crippen LogP contribution in [0.1, 0.15) is 26.3 Å². The van der Waals surface area contributed by atoms with Gasteiger partial charge in [-0.15, -0.1) is 0 Å². The Kier molecular flexibility index (Phi) is 7.27. The van der Waals surface area contributed by atoms with Gasteiger partial charge in [0.25, 0.3) is 17.3 Å². The fourth-order valence-electron chi connectivity index (χ4n) is 2.44. The number of nitrogens with one attached hydrogen (secondary N) is 1. The zero-order valence-electron chi connectivity index (χ0n) is 16.4. The van der Waals surface area contributed by atoms with Crippen LogP contribution in [-0.2, 0) is 20.4 Å². The molecular weight excluding hydrogens is 459 g/mol. The van der Waals surface area contributed by atoms with E-state index in [1.807, 2.05) is 5.32 Å².